The molecule has 0 spiro atoms. The second kappa shape index (κ2) is 6.64. The Morgan fingerprint density at radius 1 is 1.19 bits per heavy atom. The van der Waals surface area contributed by atoms with Crippen molar-refractivity contribution in [3.63, 3.8) is 0 Å². The first-order chi connectivity index (χ1) is 14.4. The number of amides is 1. The van der Waals surface area contributed by atoms with E-state index in [1.807, 2.05) is 0 Å². The lowest BCUT2D eigenvalue weighted by Crippen LogP contribution is -2.70. The van der Waals surface area contributed by atoms with Gasteiger partial charge in [0.05, 0.1) is 23.6 Å². The van der Waals surface area contributed by atoms with Crippen LogP contribution in [0.1, 0.15) is 11.1 Å². The molecule has 2 unspecified atom stereocenters. The average Bonchev–Trinajstić information content (AvgIpc) is 2.67. The van der Waals surface area contributed by atoms with E-state index in [2.05, 4.69) is 0 Å². The number of rotatable bonds is 2. The molecule has 0 aliphatic heterocycles. The maximum absolute atomic E-state index is 13.5. The third kappa shape index (κ3) is 2.52. The molecule has 31 heavy (non-hydrogen) atoms. The number of ketones is 2. The van der Waals surface area contributed by atoms with Gasteiger partial charge in [-0.15, -0.1) is 0 Å². The van der Waals surface area contributed by atoms with Crippen LogP contribution < -0.4 is 5.73 Å². The number of aliphatic hydroxyl groups excluding tert-OH is 3. The van der Waals surface area contributed by atoms with Crippen molar-refractivity contribution in [3.8, 4) is 5.75 Å². The molecule has 0 saturated heterocycles. The van der Waals surface area contributed by atoms with Crippen LogP contribution in [0.5, 0.6) is 5.75 Å². The third-order valence-electron chi connectivity index (χ3n) is 6.54. The summed E-state index contributed by atoms with van der Waals surface area (Å²) in [5.41, 5.74) is 1.46. The number of primary amides is 1. The smallest absolute Gasteiger partial charge is 0.255 e. The molecule has 10 heteroatoms. The predicted molar refractivity (Wildman–Crippen MR) is 106 cm³/mol. The second-order valence-corrected chi connectivity index (χ2v) is 8.36. The fraction of sp³-hybridized carbons (Fsp3) is 0.381. The third-order valence-corrected chi connectivity index (χ3v) is 6.54. The van der Waals surface area contributed by atoms with Crippen molar-refractivity contribution >= 4 is 23.2 Å². The van der Waals surface area contributed by atoms with Crippen molar-refractivity contribution < 1.29 is 39.9 Å². The van der Waals surface area contributed by atoms with Gasteiger partial charge in [-0.2, -0.15) is 0 Å². The normalized spacial score (nSPS) is 32.7. The van der Waals surface area contributed by atoms with E-state index >= 15 is 0 Å². The summed E-state index contributed by atoms with van der Waals surface area (Å²) in [7, 11) is 2.91. The Morgan fingerprint density at radius 2 is 1.84 bits per heavy atom. The van der Waals surface area contributed by atoms with E-state index < -0.39 is 69.7 Å². The first-order valence-electron chi connectivity index (χ1n) is 9.58. The van der Waals surface area contributed by atoms with Crippen LogP contribution in [0.2, 0.25) is 0 Å². The molecule has 0 bridgehead atoms. The van der Waals surface area contributed by atoms with Gasteiger partial charge in [0, 0.05) is 11.5 Å². The van der Waals surface area contributed by atoms with Crippen LogP contribution in [0, 0.1) is 11.8 Å². The van der Waals surface area contributed by atoms with Gasteiger partial charge in [-0.05, 0) is 32.1 Å². The van der Waals surface area contributed by atoms with Crippen LogP contribution in [0.4, 0.5) is 0 Å². The number of likely N-dealkylation sites (N-methyl/N-ethyl adjacent to an activating group) is 1. The van der Waals surface area contributed by atoms with Crippen molar-refractivity contribution in [3.05, 3.63) is 46.2 Å². The number of nitrogens with two attached hydrogens (primary N) is 1. The maximum atomic E-state index is 13.5. The summed E-state index contributed by atoms with van der Waals surface area (Å²) in [4.78, 5) is 39.7. The van der Waals surface area contributed by atoms with Crippen molar-refractivity contribution in [1.82, 2.24) is 4.90 Å². The summed E-state index contributed by atoms with van der Waals surface area (Å²) < 4.78 is 0. The van der Waals surface area contributed by atoms with Crippen LogP contribution in [0.25, 0.3) is 5.76 Å². The number of Topliss-reactive ketones (excluding diaryl/α,β-unsaturated/α-hetero) is 2. The van der Waals surface area contributed by atoms with Crippen molar-refractivity contribution in [2.75, 3.05) is 14.1 Å². The van der Waals surface area contributed by atoms with E-state index in [1.54, 1.807) is 12.1 Å². The van der Waals surface area contributed by atoms with Crippen molar-refractivity contribution in [1.29, 1.82) is 0 Å². The first kappa shape index (κ1) is 21.0. The van der Waals surface area contributed by atoms with Gasteiger partial charge in [-0.25, -0.2) is 0 Å². The molecule has 0 heterocycles. The number of fused-ring (bicyclic) bond motifs is 3. The van der Waals surface area contributed by atoms with Gasteiger partial charge in [0.1, 0.15) is 22.8 Å². The lowest BCUT2D eigenvalue weighted by atomic mass is 9.56. The highest BCUT2D eigenvalue weighted by atomic mass is 16.4. The highest BCUT2D eigenvalue weighted by Gasteiger charge is 2.67. The van der Waals surface area contributed by atoms with Gasteiger partial charge in [-0.1, -0.05) is 12.1 Å². The largest absolute Gasteiger partial charge is 0.508 e. The SMILES string of the molecule is CN(C)[C@@H]1C(=O)C(C(N)=O)=C(O)[C@@]2(O)C(=O)C3=C(O)c4c(O)cccc4CC3[C@H](O)C12. The van der Waals surface area contributed by atoms with Gasteiger partial charge in [0.2, 0.25) is 5.78 Å². The van der Waals surface area contributed by atoms with Gasteiger partial charge < -0.3 is 31.3 Å². The second-order valence-electron chi connectivity index (χ2n) is 8.36. The van der Waals surface area contributed by atoms with Gasteiger partial charge >= 0.3 is 0 Å². The molecule has 0 aromatic heterocycles. The summed E-state index contributed by atoms with van der Waals surface area (Å²) in [6.07, 6.45) is -1.53. The quantitative estimate of drug-likeness (QED) is 0.318. The number of hydrogen-bond donors (Lipinski definition) is 6. The number of phenols is 1. The van der Waals surface area contributed by atoms with E-state index in [0.717, 1.165) is 0 Å². The first-order valence-corrected chi connectivity index (χ1v) is 9.58. The standard InChI is InChI=1S/C21H22N2O8/c1-23(2)14-13-15(25)8-6-7-4-3-5-9(24)10(7)16(26)11(8)18(28)21(13,31)19(29)12(17(14)27)20(22)30/h3-5,8,13-15,24-26,29,31H,6H2,1-2H3,(H2,22,30)/t8?,13?,14-,15-,21-/m0/s1. The molecule has 1 aromatic rings. The molecule has 5 atom stereocenters. The van der Waals surface area contributed by atoms with E-state index in [-0.39, 0.29) is 17.7 Å². The number of phenolic OH excluding ortho intramolecular Hbond substituents is 1. The fourth-order valence-corrected chi connectivity index (χ4v) is 5.19. The summed E-state index contributed by atoms with van der Waals surface area (Å²) in [5, 5.41) is 54.3. The molecule has 1 aromatic carbocycles. The van der Waals surface area contributed by atoms with E-state index in [1.165, 1.54) is 25.1 Å². The minimum absolute atomic E-state index is 0.0222. The summed E-state index contributed by atoms with van der Waals surface area (Å²) in [6.45, 7) is 0. The monoisotopic (exact) mass is 430 g/mol. The Bertz CT molecular complexity index is 1100. The van der Waals surface area contributed by atoms with Crippen molar-refractivity contribution in [2.24, 2.45) is 17.6 Å². The predicted octanol–water partition coefficient (Wildman–Crippen LogP) is -1.07. The Kier molecular flexibility index (Phi) is 4.51. The molecule has 10 nitrogen and oxygen atoms in total. The lowest BCUT2D eigenvalue weighted by molar-refractivity contribution is -0.168. The van der Waals surface area contributed by atoms with Gasteiger partial charge in [-0.3, -0.25) is 19.3 Å². The van der Waals surface area contributed by atoms with Crippen LogP contribution in [0.3, 0.4) is 0 Å². The minimum atomic E-state index is -2.88. The Labute approximate surface area is 176 Å². The van der Waals surface area contributed by atoms with Crippen LogP contribution >= 0.6 is 0 Å². The molecule has 3 aliphatic carbocycles. The Morgan fingerprint density at radius 3 is 2.42 bits per heavy atom. The molecule has 0 radical (unpaired) electrons. The molecule has 1 amide bonds. The number of benzene rings is 1. The van der Waals surface area contributed by atoms with E-state index in [4.69, 9.17) is 5.73 Å². The van der Waals surface area contributed by atoms with E-state index in [9.17, 15) is 39.9 Å². The highest BCUT2D eigenvalue weighted by molar-refractivity contribution is 6.24. The number of aromatic hydroxyl groups is 1. The number of nitrogens with zero attached hydrogens (tertiary/aromatic N) is 1. The van der Waals surface area contributed by atoms with Crippen LogP contribution in [-0.4, -0.2) is 79.7 Å². The van der Waals surface area contributed by atoms with Crippen molar-refractivity contribution in [2.45, 2.75) is 24.2 Å². The topological polar surface area (TPSA) is 182 Å². The summed E-state index contributed by atoms with van der Waals surface area (Å²) in [5.74, 6) is -8.20. The van der Waals surface area contributed by atoms with Crippen LogP contribution in [-0.2, 0) is 20.8 Å². The molecule has 1 saturated carbocycles. The molecule has 7 N–H and O–H groups in total. The minimum Gasteiger partial charge on any atom is -0.508 e. The zero-order chi connectivity index (χ0) is 23.0. The Balaban J connectivity index is 2.03. The van der Waals surface area contributed by atoms with E-state index in [0.29, 0.717) is 5.56 Å². The zero-order valence-electron chi connectivity index (χ0n) is 16.7. The molecular weight excluding hydrogens is 408 g/mol. The lowest BCUT2D eigenvalue weighted by Gasteiger charge is -2.52. The number of carbonyl (C=O) groups excluding carboxylic acids is 3. The molecule has 3 aliphatic rings. The summed E-state index contributed by atoms with van der Waals surface area (Å²) in [6, 6.07) is 3.11. The Hall–Kier alpha value is -3.21. The number of hydrogen-bond acceptors (Lipinski definition) is 9. The summed E-state index contributed by atoms with van der Waals surface area (Å²) >= 11 is 0. The average molecular weight is 430 g/mol. The highest BCUT2D eigenvalue weighted by Crippen LogP contribution is 2.52. The number of carbonyl (C=O) groups is 3. The zero-order valence-corrected chi connectivity index (χ0v) is 16.7. The molecule has 164 valence electrons. The fourth-order valence-electron chi connectivity index (χ4n) is 5.19. The molecule has 4 rings (SSSR count). The number of aliphatic hydroxyl groups is 4. The maximum Gasteiger partial charge on any atom is 0.255 e. The van der Waals surface area contributed by atoms with Gasteiger partial charge in [0.25, 0.3) is 5.91 Å². The molecule has 1 fully saturated rings. The molecular formula is C21H22N2O8. The van der Waals surface area contributed by atoms with Gasteiger partial charge in [0.15, 0.2) is 11.4 Å². The van der Waals surface area contributed by atoms with Crippen LogP contribution in [0.15, 0.2) is 35.1 Å².